The number of hydrogen-bond donors (Lipinski definition) is 2. The van der Waals surface area contributed by atoms with E-state index in [1.54, 1.807) is 0 Å². The van der Waals surface area contributed by atoms with Crippen LogP contribution in [0.15, 0.2) is 24.5 Å². The van der Waals surface area contributed by atoms with Crippen LogP contribution in [0.5, 0.6) is 0 Å². The molecule has 2 heterocycles. The molecule has 0 unspecified atom stereocenters. The van der Waals surface area contributed by atoms with E-state index in [0.29, 0.717) is 63.0 Å². The molecule has 2 aliphatic carbocycles. The number of fused-ring (bicyclic) bond motifs is 1. The molecule has 3 fully saturated rings. The first-order valence-corrected chi connectivity index (χ1v) is 15.9. The van der Waals surface area contributed by atoms with E-state index in [0.717, 1.165) is 18.6 Å². The molecule has 0 bridgehead atoms. The Balaban J connectivity index is 1.31. The predicted molar refractivity (Wildman–Crippen MR) is 162 cm³/mol. The number of amides is 2. The molecule has 246 valence electrons. The average molecular weight is 633 g/mol. The number of carbonyl (C=O) groups is 3. The van der Waals surface area contributed by atoms with Gasteiger partial charge in [0.2, 0.25) is 11.8 Å². The molecule has 3 aliphatic rings. The van der Waals surface area contributed by atoms with Gasteiger partial charge in [0.1, 0.15) is 18.2 Å². The molecule has 1 aliphatic heterocycles. The van der Waals surface area contributed by atoms with Gasteiger partial charge in [-0.2, -0.15) is 13.2 Å². The molecule has 0 radical (unpaired) electrons. The third-order valence-electron chi connectivity index (χ3n) is 10.1. The number of likely N-dealkylation sites (tertiary alicyclic amines) is 1. The van der Waals surface area contributed by atoms with E-state index in [1.807, 2.05) is 4.90 Å². The second-order valence-electron chi connectivity index (χ2n) is 12.9. The largest absolute Gasteiger partial charge is 0.469 e. The molecule has 1 aromatic heterocycles. The molecule has 13 heteroatoms. The number of aromatic nitrogens is 2. The first-order valence-electron chi connectivity index (χ1n) is 15.9. The van der Waals surface area contributed by atoms with Crippen LogP contribution < -0.4 is 10.6 Å². The van der Waals surface area contributed by atoms with Crippen molar-refractivity contribution in [2.45, 2.75) is 102 Å². The lowest BCUT2D eigenvalue weighted by Gasteiger charge is -2.45. The van der Waals surface area contributed by atoms with Gasteiger partial charge in [0.25, 0.3) is 0 Å². The zero-order chi connectivity index (χ0) is 32.5. The Hall–Kier alpha value is -3.48. The van der Waals surface area contributed by atoms with Gasteiger partial charge >= 0.3 is 12.1 Å². The third kappa shape index (κ3) is 7.18. The number of rotatable bonds is 8. The Morgan fingerprint density at radius 2 is 1.76 bits per heavy atom. The summed E-state index contributed by atoms with van der Waals surface area (Å²) in [5.41, 5.74) is -0.466. The highest BCUT2D eigenvalue weighted by molar-refractivity contribution is 5.93. The number of nitrogens with zero attached hydrogens (tertiary/aromatic N) is 4. The van der Waals surface area contributed by atoms with Crippen LogP contribution in [0.25, 0.3) is 10.9 Å². The van der Waals surface area contributed by atoms with E-state index >= 15 is 0 Å². The van der Waals surface area contributed by atoms with Gasteiger partial charge in [0, 0.05) is 29.9 Å². The number of nitrogens with one attached hydrogen (secondary N) is 2. The van der Waals surface area contributed by atoms with Crippen LogP contribution in [0.3, 0.4) is 0 Å². The highest BCUT2D eigenvalue weighted by atomic mass is 19.4. The summed E-state index contributed by atoms with van der Waals surface area (Å²) < 4.78 is 45.2. The maximum absolute atomic E-state index is 13.8. The quantitative estimate of drug-likeness (QED) is 0.412. The van der Waals surface area contributed by atoms with Gasteiger partial charge in [0.15, 0.2) is 0 Å². The maximum Gasteiger partial charge on any atom is 0.416 e. The smallest absolute Gasteiger partial charge is 0.416 e. The average Bonchev–Trinajstić information content (AvgIpc) is 3.38. The van der Waals surface area contributed by atoms with Crippen molar-refractivity contribution in [3.05, 3.63) is 30.1 Å². The topological polar surface area (TPSA) is 117 Å². The van der Waals surface area contributed by atoms with Crippen molar-refractivity contribution in [2.75, 3.05) is 26.0 Å². The lowest BCUT2D eigenvalue weighted by Crippen LogP contribution is -2.59. The lowest BCUT2D eigenvalue weighted by atomic mass is 9.80. The molecule has 4 atom stereocenters. The standard InChI is InChI=1S/C32H43F3N6O4/c1-18(2)40(3)22-10-12-27(26(16-22)39-29(42)19-5-7-20(8-6-19)31(44)45-4)41-14-13-25(30(41)43)38-28-23-15-21(32(33,34)35)9-11-24(23)36-17-37-28/h9,11,15,17-20,22,25-27H,5-8,10,12-14,16H2,1-4H3,(H,39,42)(H,36,37,38)/t19?,20?,22-,25+,26-,27+/m1/s1. The van der Waals surface area contributed by atoms with E-state index in [1.165, 1.54) is 19.5 Å². The summed E-state index contributed by atoms with van der Waals surface area (Å²) in [6.07, 6.45) is 1.91. The van der Waals surface area contributed by atoms with E-state index in [9.17, 15) is 27.6 Å². The fourth-order valence-corrected chi connectivity index (χ4v) is 7.19. The molecular formula is C32H43F3N6O4. The molecule has 1 aromatic carbocycles. The summed E-state index contributed by atoms with van der Waals surface area (Å²) in [5, 5.41) is 6.61. The minimum absolute atomic E-state index is 0.0459. The molecule has 5 rings (SSSR count). The van der Waals surface area contributed by atoms with Crippen LogP contribution in [-0.4, -0.2) is 88.5 Å². The summed E-state index contributed by atoms with van der Waals surface area (Å²) in [6, 6.07) is 2.71. The van der Waals surface area contributed by atoms with Crippen molar-refractivity contribution in [1.29, 1.82) is 0 Å². The maximum atomic E-state index is 13.8. The van der Waals surface area contributed by atoms with Crippen LogP contribution in [0.1, 0.15) is 70.8 Å². The summed E-state index contributed by atoms with van der Waals surface area (Å²) in [7, 11) is 3.47. The fourth-order valence-electron chi connectivity index (χ4n) is 7.19. The van der Waals surface area contributed by atoms with E-state index in [4.69, 9.17) is 4.74 Å². The van der Waals surface area contributed by atoms with Crippen molar-refractivity contribution >= 4 is 34.5 Å². The molecule has 10 nitrogen and oxygen atoms in total. The molecule has 2 aromatic rings. The van der Waals surface area contributed by atoms with Crippen molar-refractivity contribution < 1.29 is 32.3 Å². The zero-order valence-electron chi connectivity index (χ0n) is 26.3. The van der Waals surface area contributed by atoms with Crippen molar-refractivity contribution in [2.24, 2.45) is 11.8 Å². The Labute approximate surface area is 261 Å². The fraction of sp³-hybridized carbons (Fsp3) is 0.656. The van der Waals surface area contributed by atoms with Gasteiger partial charge < -0.3 is 25.2 Å². The number of methoxy groups -OCH3 is 1. The zero-order valence-corrected chi connectivity index (χ0v) is 26.3. The van der Waals surface area contributed by atoms with Gasteiger partial charge in [-0.1, -0.05) is 0 Å². The number of hydrogen-bond acceptors (Lipinski definition) is 8. The first-order chi connectivity index (χ1) is 21.4. The summed E-state index contributed by atoms with van der Waals surface area (Å²) in [5.74, 6) is -0.633. The van der Waals surface area contributed by atoms with E-state index < -0.39 is 17.8 Å². The Kier molecular flexibility index (Phi) is 9.85. The van der Waals surface area contributed by atoms with Crippen LogP contribution >= 0.6 is 0 Å². The second kappa shape index (κ2) is 13.5. The lowest BCUT2D eigenvalue weighted by molar-refractivity contribution is -0.147. The normalized spacial score (nSPS) is 27.7. The predicted octanol–water partition coefficient (Wildman–Crippen LogP) is 4.39. The van der Waals surface area contributed by atoms with Crippen LogP contribution in [0, 0.1) is 11.8 Å². The van der Waals surface area contributed by atoms with Crippen molar-refractivity contribution in [1.82, 2.24) is 25.1 Å². The van der Waals surface area contributed by atoms with E-state index in [-0.39, 0.29) is 58.9 Å². The minimum atomic E-state index is -4.52. The highest BCUT2D eigenvalue weighted by Crippen LogP contribution is 2.35. The molecule has 2 N–H and O–H groups in total. The summed E-state index contributed by atoms with van der Waals surface area (Å²) >= 11 is 0. The number of ether oxygens (including phenoxy) is 1. The molecular weight excluding hydrogens is 589 g/mol. The summed E-state index contributed by atoms with van der Waals surface area (Å²) in [4.78, 5) is 51.8. The Morgan fingerprint density at radius 1 is 1.04 bits per heavy atom. The number of esters is 1. The molecule has 1 saturated heterocycles. The van der Waals surface area contributed by atoms with Crippen LogP contribution in [0.2, 0.25) is 0 Å². The molecule has 2 amide bonds. The number of alkyl halides is 3. The minimum Gasteiger partial charge on any atom is -0.469 e. The monoisotopic (exact) mass is 632 g/mol. The van der Waals surface area contributed by atoms with Crippen molar-refractivity contribution in [3.8, 4) is 0 Å². The Morgan fingerprint density at radius 3 is 2.42 bits per heavy atom. The highest BCUT2D eigenvalue weighted by Gasteiger charge is 2.44. The van der Waals surface area contributed by atoms with Crippen LogP contribution in [-0.2, 0) is 25.3 Å². The van der Waals surface area contributed by atoms with Gasteiger partial charge in [-0.25, -0.2) is 9.97 Å². The number of benzene rings is 1. The van der Waals surface area contributed by atoms with Crippen molar-refractivity contribution in [3.63, 3.8) is 0 Å². The molecule has 45 heavy (non-hydrogen) atoms. The van der Waals surface area contributed by atoms with Crippen LogP contribution in [0.4, 0.5) is 19.0 Å². The SMILES string of the molecule is COC(=O)C1CCC(C(=O)N[C@@H]2C[C@H](N(C)C(C)C)CC[C@@H]2N2CC[C@H](Nc3ncnc4ccc(C(F)(F)F)cc34)C2=O)CC1. The molecule has 2 saturated carbocycles. The van der Waals surface area contributed by atoms with Gasteiger partial charge in [0.05, 0.1) is 36.2 Å². The molecule has 0 spiro atoms. The third-order valence-corrected chi connectivity index (χ3v) is 10.1. The number of halogens is 3. The van der Waals surface area contributed by atoms with Gasteiger partial charge in [-0.05, 0) is 90.5 Å². The Bertz CT molecular complexity index is 1400. The van der Waals surface area contributed by atoms with Gasteiger partial charge in [-0.15, -0.1) is 0 Å². The first kappa shape index (κ1) is 32.9. The number of carbonyl (C=O) groups excluding carboxylic acids is 3. The number of anilines is 1. The van der Waals surface area contributed by atoms with Gasteiger partial charge in [-0.3, -0.25) is 14.4 Å². The van der Waals surface area contributed by atoms with E-state index in [2.05, 4.69) is 46.4 Å². The summed E-state index contributed by atoms with van der Waals surface area (Å²) in [6.45, 7) is 4.72. The second-order valence-corrected chi connectivity index (χ2v) is 12.9.